The van der Waals surface area contributed by atoms with E-state index in [1.54, 1.807) is 18.2 Å². The summed E-state index contributed by atoms with van der Waals surface area (Å²) in [5.41, 5.74) is 7.48. The van der Waals surface area contributed by atoms with Gasteiger partial charge >= 0.3 is 0 Å². The molecule has 1 fully saturated rings. The number of carbonyl (C=O) groups is 1. The smallest absolute Gasteiger partial charge is 0.251 e. The number of aryl methyl sites for hydroxylation is 1. The lowest BCUT2D eigenvalue weighted by Gasteiger charge is -2.40. The Hall–Kier alpha value is -1.55. The summed E-state index contributed by atoms with van der Waals surface area (Å²) in [5.74, 6) is -0.137. The highest BCUT2D eigenvalue weighted by molar-refractivity contribution is 5.95. The van der Waals surface area contributed by atoms with Gasteiger partial charge in [-0.3, -0.25) is 4.79 Å². The first-order valence-corrected chi connectivity index (χ1v) is 5.86. The summed E-state index contributed by atoms with van der Waals surface area (Å²) in [5, 5.41) is 12.2. The standard InChI is InChI=1S/C13H18N2O2/c1-9-7-10(3-4-11(9)14)12(17)15-13(8-16)5-2-6-13/h3-4,7,16H,2,5-6,8,14H2,1H3,(H,15,17). The Morgan fingerprint density at radius 3 is 2.71 bits per heavy atom. The number of hydrogen-bond acceptors (Lipinski definition) is 3. The van der Waals surface area contributed by atoms with E-state index in [-0.39, 0.29) is 12.5 Å². The average molecular weight is 234 g/mol. The van der Waals surface area contributed by atoms with E-state index in [9.17, 15) is 9.90 Å². The minimum absolute atomic E-state index is 0.00664. The van der Waals surface area contributed by atoms with E-state index in [0.29, 0.717) is 11.3 Å². The highest BCUT2D eigenvalue weighted by atomic mass is 16.3. The zero-order valence-electron chi connectivity index (χ0n) is 9.99. The fraction of sp³-hybridized carbons (Fsp3) is 0.462. The van der Waals surface area contributed by atoms with Crippen LogP contribution in [-0.4, -0.2) is 23.2 Å². The molecule has 0 heterocycles. The zero-order valence-corrected chi connectivity index (χ0v) is 9.99. The first-order valence-electron chi connectivity index (χ1n) is 5.86. The second-order valence-electron chi connectivity index (χ2n) is 4.82. The summed E-state index contributed by atoms with van der Waals surface area (Å²) in [6, 6.07) is 5.21. The SMILES string of the molecule is Cc1cc(C(=O)NC2(CO)CCC2)ccc1N. The molecule has 1 aromatic carbocycles. The van der Waals surface area contributed by atoms with Crippen LogP contribution in [0.2, 0.25) is 0 Å². The summed E-state index contributed by atoms with van der Waals surface area (Å²) in [6.45, 7) is 1.88. The number of nitrogens with one attached hydrogen (secondary N) is 1. The molecule has 0 spiro atoms. The van der Waals surface area contributed by atoms with Crippen molar-refractivity contribution in [1.82, 2.24) is 5.32 Å². The second kappa shape index (κ2) is 4.37. The molecule has 0 bridgehead atoms. The quantitative estimate of drug-likeness (QED) is 0.688. The first kappa shape index (κ1) is 11.9. The van der Waals surface area contributed by atoms with Gasteiger partial charge in [0.25, 0.3) is 5.91 Å². The predicted molar refractivity (Wildman–Crippen MR) is 66.7 cm³/mol. The highest BCUT2D eigenvalue weighted by Gasteiger charge is 2.37. The molecule has 0 aromatic heterocycles. The van der Waals surface area contributed by atoms with E-state index >= 15 is 0 Å². The fourth-order valence-electron chi connectivity index (χ4n) is 2.06. The molecule has 17 heavy (non-hydrogen) atoms. The second-order valence-corrected chi connectivity index (χ2v) is 4.82. The van der Waals surface area contributed by atoms with Gasteiger partial charge in [0.05, 0.1) is 12.1 Å². The molecule has 0 unspecified atom stereocenters. The number of hydrogen-bond donors (Lipinski definition) is 3. The van der Waals surface area contributed by atoms with Crippen LogP contribution in [0.25, 0.3) is 0 Å². The molecule has 92 valence electrons. The number of aliphatic hydroxyl groups is 1. The molecule has 4 nitrogen and oxygen atoms in total. The van der Waals surface area contributed by atoms with Crippen molar-refractivity contribution in [2.75, 3.05) is 12.3 Å². The summed E-state index contributed by atoms with van der Waals surface area (Å²) < 4.78 is 0. The minimum atomic E-state index is -0.396. The summed E-state index contributed by atoms with van der Waals surface area (Å²) >= 11 is 0. The molecule has 0 atom stereocenters. The van der Waals surface area contributed by atoms with Gasteiger partial charge in [-0.25, -0.2) is 0 Å². The lowest BCUT2D eigenvalue weighted by atomic mass is 9.77. The van der Waals surface area contributed by atoms with Crippen LogP contribution in [0.1, 0.15) is 35.2 Å². The van der Waals surface area contributed by atoms with Crippen LogP contribution in [0.5, 0.6) is 0 Å². The van der Waals surface area contributed by atoms with Gasteiger partial charge in [-0.2, -0.15) is 0 Å². The normalized spacial score (nSPS) is 17.3. The third-order valence-electron chi connectivity index (χ3n) is 3.52. The van der Waals surface area contributed by atoms with Crippen molar-refractivity contribution < 1.29 is 9.90 Å². The average Bonchev–Trinajstić information content (AvgIpc) is 2.27. The third kappa shape index (κ3) is 2.26. The molecule has 1 aromatic rings. The van der Waals surface area contributed by atoms with Gasteiger partial charge in [0.1, 0.15) is 0 Å². The molecule has 2 rings (SSSR count). The van der Waals surface area contributed by atoms with Gasteiger partial charge in [0, 0.05) is 11.3 Å². The largest absolute Gasteiger partial charge is 0.399 e. The molecule has 0 radical (unpaired) electrons. The topological polar surface area (TPSA) is 75.3 Å². The number of nitrogen functional groups attached to an aromatic ring is 1. The Bertz CT molecular complexity index is 434. The zero-order chi connectivity index (χ0) is 12.5. The van der Waals surface area contributed by atoms with Crippen LogP contribution >= 0.6 is 0 Å². The molecule has 0 aliphatic heterocycles. The maximum Gasteiger partial charge on any atom is 0.251 e. The maximum absolute atomic E-state index is 12.0. The molecule has 4 N–H and O–H groups in total. The number of anilines is 1. The molecule has 4 heteroatoms. The van der Waals surface area contributed by atoms with E-state index in [2.05, 4.69) is 5.32 Å². The summed E-state index contributed by atoms with van der Waals surface area (Å²) in [6.07, 6.45) is 2.76. The number of benzene rings is 1. The predicted octanol–water partition coefficient (Wildman–Crippen LogP) is 1.22. The molecule has 1 aliphatic rings. The van der Waals surface area contributed by atoms with Crippen molar-refractivity contribution in [2.24, 2.45) is 0 Å². The summed E-state index contributed by atoms with van der Waals surface area (Å²) in [7, 11) is 0. The van der Waals surface area contributed by atoms with Crippen LogP contribution in [-0.2, 0) is 0 Å². The van der Waals surface area contributed by atoms with Gasteiger partial charge in [0.15, 0.2) is 0 Å². The molecule has 1 aliphatic carbocycles. The van der Waals surface area contributed by atoms with Crippen LogP contribution in [0.4, 0.5) is 5.69 Å². The van der Waals surface area contributed by atoms with Crippen LogP contribution in [0.3, 0.4) is 0 Å². The van der Waals surface area contributed by atoms with Crippen molar-refractivity contribution in [1.29, 1.82) is 0 Å². The van der Waals surface area contributed by atoms with Crippen molar-refractivity contribution in [3.05, 3.63) is 29.3 Å². The first-order chi connectivity index (χ1) is 8.06. The van der Waals surface area contributed by atoms with Gasteiger partial charge in [-0.15, -0.1) is 0 Å². The number of nitrogens with two attached hydrogens (primary N) is 1. The van der Waals surface area contributed by atoms with Gasteiger partial charge < -0.3 is 16.2 Å². The third-order valence-corrected chi connectivity index (χ3v) is 3.52. The van der Waals surface area contributed by atoms with Crippen LogP contribution < -0.4 is 11.1 Å². The number of carbonyl (C=O) groups excluding carboxylic acids is 1. The molecule has 1 saturated carbocycles. The minimum Gasteiger partial charge on any atom is -0.399 e. The molecule has 1 amide bonds. The Kier molecular flexibility index (Phi) is 3.07. The van der Waals surface area contributed by atoms with E-state index in [1.807, 2.05) is 6.92 Å². The van der Waals surface area contributed by atoms with Gasteiger partial charge in [-0.05, 0) is 49.9 Å². The highest BCUT2D eigenvalue weighted by Crippen LogP contribution is 2.31. The van der Waals surface area contributed by atoms with Crippen molar-refractivity contribution in [3.63, 3.8) is 0 Å². The monoisotopic (exact) mass is 234 g/mol. The van der Waals surface area contributed by atoms with E-state index in [0.717, 1.165) is 24.8 Å². The lowest BCUT2D eigenvalue weighted by molar-refractivity contribution is 0.0641. The van der Waals surface area contributed by atoms with E-state index in [4.69, 9.17) is 5.73 Å². The van der Waals surface area contributed by atoms with Gasteiger partial charge in [0.2, 0.25) is 0 Å². The Labute approximate surface area is 101 Å². The van der Waals surface area contributed by atoms with Crippen molar-refractivity contribution in [2.45, 2.75) is 31.7 Å². The van der Waals surface area contributed by atoms with E-state index in [1.165, 1.54) is 0 Å². The van der Waals surface area contributed by atoms with Crippen molar-refractivity contribution >= 4 is 11.6 Å². The Morgan fingerprint density at radius 2 is 2.24 bits per heavy atom. The van der Waals surface area contributed by atoms with Crippen LogP contribution in [0.15, 0.2) is 18.2 Å². The molecule has 0 saturated heterocycles. The van der Waals surface area contributed by atoms with Crippen LogP contribution in [0, 0.1) is 6.92 Å². The summed E-state index contributed by atoms with van der Waals surface area (Å²) in [4.78, 5) is 12.0. The number of aliphatic hydroxyl groups excluding tert-OH is 1. The van der Waals surface area contributed by atoms with Crippen molar-refractivity contribution in [3.8, 4) is 0 Å². The Balaban J connectivity index is 2.11. The lowest BCUT2D eigenvalue weighted by Crippen LogP contribution is -2.56. The number of rotatable bonds is 3. The molecular weight excluding hydrogens is 216 g/mol. The maximum atomic E-state index is 12.0. The molecular formula is C13H18N2O2. The number of amides is 1. The van der Waals surface area contributed by atoms with Gasteiger partial charge in [-0.1, -0.05) is 0 Å². The van der Waals surface area contributed by atoms with E-state index < -0.39 is 5.54 Å². The fourth-order valence-corrected chi connectivity index (χ4v) is 2.06. The Morgan fingerprint density at radius 1 is 1.53 bits per heavy atom.